The molecule has 106 valence electrons. The molecule has 1 aliphatic rings. The topological polar surface area (TPSA) is 53.7 Å². The van der Waals surface area contributed by atoms with Gasteiger partial charge in [-0.1, -0.05) is 25.1 Å². The summed E-state index contributed by atoms with van der Waals surface area (Å²) in [6.45, 7) is 2.98. The molecule has 1 aromatic carbocycles. The third kappa shape index (κ3) is 2.43. The molecule has 2 heterocycles. The number of rotatable bonds is 3. The van der Waals surface area contributed by atoms with Crippen molar-refractivity contribution in [2.45, 2.75) is 25.9 Å². The number of likely N-dealkylation sites (tertiary alicyclic amines) is 1. The molecule has 0 aliphatic carbocycles. The third-order valence-electron chi connectivity index (χ3n) is 3.96. The number of carbonyl (C=O) groups is 1. The molecule has 1 fully saturated rings. The van der Waals surface area contributed by atoms with Crippen molar-refractivity contribution in [3.05, 3.63) is 36.1 Å². The van der Waals surface area contributed by atoms with Crippen molar-refractivity contribution in [2.75, 3.05) is 13.1 Å². The number of para-hydroxylation sites is 1. The van der Waals surface area contributed by atoms with Crippen LogP contribution >= 0.6 is 0 Å². The molecule has 4 nitrogen and oxygen atoms in total. The van der Waals surface area contributed by atoms with Crippen molar-refractivity contribution in [2.24, 2.45) is 5.92 Å². The SMILES string of the molecule is CC1CCCN(CC(O)c2cc3ccccc3o2)C1=O. The number of amides is 1. The number of hydrogen-bond donors (Lipinski definition) is 1. The van der Waals surface area contributed by atoms with E-state index in [-0.39, 0.29) is 11.8 Å². The minimum atomic E-state index is -0.767. The highest BCUT2D eigenvalue weighted by Crippen LogP contribution is 2.26. The molecule has 1 N–H and O–H groups in total. The van der Waals surface area contributed by atoms with Gasteiger partial charge in [0.2, 0.25) is 5.91 Å². The van der Waals surface area contributed by atoms with Crippen LogP contribution in [0.1, 0.15) is 31.6 Å². The molecule has 1 aliphatic heterocycles. The standard InChI is InChI=1S/C16H19NO3/c1-11-5-4-8-17(16(11)19)10-13(18)15-9-12-6-2-3-7-14(12)20-15/h2-3,6-7,9,11,13,18H,4-5,8,10H2,1H3. The maximum absolute atomic E-state index is 12.0. The molecule has 4 heteroatoms. The molecule has 2 unspecified atom stereocenters. The zero-order valence-corrected chi connectivity index (χ0v) is 11.6. The number of hydrogen-bond acceptors (Lipinski definition) is 3. The van der Waals surface area contributed by atoms with Crippen molar-refractivity contribution in [3.8, 4) is 0 Å². The second-order valence-corrected chi connectivity index (χ2v) is 5.53. The fraction of sp³-hybridized carbons (Fsp3) is 0.438. The molecule has 20 heavy (non-hydrogen) atoms. The largest absolute Gasteiger partial charge is 0.458 e. The molecule has 0 radical (unpaired) electrons. The summed E-state index contributed by atoms with van der Waals surface area (Å²) in [5.41, 5.74) is 0.764. The van der Waals surface area contributed by atoms with Crippen molar-refractivity contribution in [1.29, 1.82) is 0 Å². The first-order valence-electron chi connectivity index (χ1n) is 7.10. The van der Waals surface area contributed by atoms with Gasteiger partial charge in [-0.15, -0.1) is 0 Å². The van der Waals surface area contributed by atoms with Crippen LogP contribution in [-0.4, -0.2) is 29.0 Å². The van der Waals surface area contributed by atoms with Crippen LogP contribution in [0.5, 0.6) is 0 Å². The Morgan fingerprint density at radius 1 is 1.45 bits per heavy atom. The lowest BCUT2D eigenvalue weighted by molar-refractivity contribution is -0.139. The fourth-order valence-corrected chi connectivity index (χ4v) is 2.78. The van der Waals surface area contributed by atoms with Crippen molar-refractivity contribution < 1.29 is 14.3 Å². The average molecular weight is 273 g/mol. The molecule has 3 rings (SSSR count). The lowest BCUT2D eigenvalue weighted by atomic mass is 9.99. The monoisotopic (exact) mass is 273 g/mol. The normalized spacial score (nSPS) is 21.4. The van der Waals surface area contributed by atoms with Gasteiger partial charge in [0.25, 0.3) is 0 Å². The number of aliphatic hydroxyl groups excluding tert-OH is 1. The van der Waals surface area contributed by atoms with E-state index in [4.69, 9.17) is 4.42 Å². The molecule has 0 spiro atoms. The van der Waals surface area contributed by atoms with Crippen molar-refractivity contribution in [1.82, 2.24) is 4.90 Å². The van der Waals surface area contributed by atoms with Gasteiger partial charge in [0.1, 0.15) is 17.4 Å². The number of furan rings is 1. The van der Waals surface area contributed by atoms with Crippen LogP contribution in [0, 0.1) is 5.92 Å². The van der Waals surface area contributed by atoms with E-state index in [0.29, 0.717) is 12.3 Å². The smallest absolute Gasteiger partial charge is 0.225 e. The number of piperidine rings is 1. The summed E-state index contributed by atoms with van der Waals surface area (Å²) in [4.78, 5) is 13.8. The van der Waals surface area contributed by atoms with Gasteiger partial charge in [0, 0.05) is 17.8 Å². The summed E-state index contributed by atoms with van der Waals surface area (Å²) in [6.07, 6.45) is 1.17. The van der Waals surface area contributed by atoms with Crippen LogP contribution in [0.2, 0.25) is 0 Å². The molecule has 0 saturated carbocycles. The molecular formula is C16H19NO3. The molecular weight excluding hydrogens is 254 g/mol. The number of β-amino-alcohol motifs (C(OH)–C–C–N with tert-alkyl or cyclic N) is 1. The van der Waals surface area contributed by atoms with Gasteiger partial charge in [0.05, 0.1) is 6.54 Å². The summed E-state index contributed by atoms with van der Waals surface area (Å²) in [5.74, 6) is 0.718. The number of fused-ring (bicyclic) bond motifs is 1. The molecule has 2 aromatic rings. The number of carbonyl (C=O) groups excluding carboxylic acids is 1. The molecule has 2 atom stereocenters. The van der Waals surface area contributed by atoms with Crippen LogP contribution in [-0.2, 0) is 4.79 Å². The van der Waals surface area contributed by atoms with Gasteiger partial charge in [-0.3, -0.25) is 4.79 Å². The van der Waals surface area contributed by atoms with E-state index in [9.17, 15) is 9.90 Å². The quantitative estimate of drug-likeness (QED) is 0.935. The highest BCUT2D eigenvalue weighted by molar-refractivity contribution is 5.79. The minimum absolute atomic E-state index is 0.0617. The third-order valence-corrected chi connectivity index (χ3v) is 3.96. The highest BCUT2D eigenvalue weighted by Gasteiger charge is 2.27. The lowest BCUT2D eigenvalue weighted by Gasteiger charge is -2.31. The van der Waals surface area contributed by atoms with Crippen molar-refractivity contribution >= 4 is 16.9 Å². The average Bonchev–Trinajstić information content (AvgIpc) is 2.88. The Bertz CT molecular complexity index is 586. The second-order valence-electron chi connectivity index (χ2n) is 5.53. The maximum Gasteiger partial charge on any atom is 0.225 e. The Labute approximate surface area is 118 Å². The van der Waals surface area contributed by atoms with E-state index in [0.717, 1.165) is 30.4 Å². The van der Waals surface area contributed by atoms with Crippen LogP contribution in [0.4, 0.5) is 0 Å². The predicted octanol–water partition coefficient (Wildman–Crippen LogP) is 2.72. The molecule has 1 aromatic heterocycles. The number of benzene rings is 1. The Morgan fingerprint density at radius 2 is 2.25 bits per heavy atom. The van der Waals surface area contributed by atoms with Crippen LogP contribution in [0.15, 0.2) is 34.7 Å². The predicted molar refractivity (Wildman–Crippen MR) is 76.2 cm³/mol. The van der Waals surface area contributed by atoms with Gasteiger partial charge >= 0.3 is 0 Å². The molecule has 0 bridgehead atoms. The van der Waals surface area contributed by atoms with Crippen LogP contribution in [0.3, 0.4) is 0 Å². The second kappa shape index (κ2) is 5.29. The van der Waals surface area contributed by atoms with Crippen LogP contribution in [0.25, 0.3) is 11.0 Å². The van der Waals surface area contributed by atoms with E-state index < -0.39 is 6.10 Å². The molecule has 1 saturated heterocycles. The lowest BCUT2D eigenvalue weighted by Crippen LogP contribution is -2.42. The summed E-state index contributed by atoms with van der Waals surface area (Å²) >= 11 is 0. The van der Waals surface area contributed by atoms with Crippen LogP contribution < -0.4 is 0 Å². The summed E-state index contributed by atoms with van der Waals surface area (Å²) in [6, 6.07) is 9.50. The molecule has 1 amide bonds. The van der Waals surface area contributed by atoms with Gasteiger partial charge in [-0.25, -0.2) is 0 Å². The fourth-order valence-electron chi connectivity index (χ4n) is 2.78. The van der Waals surface area contributed by atoms with E-state index in [1.807, 2.05) is 37.3 Å². The number of aliphatic hydroxyl groups is 1. The van der Waals surface area contributed by atoms with Gasteiger partial charge in [-0.05, 0) is 25.0 Å². The number of nitrogens with zero attached hydrogens (tertiary/aromatic N) is 1. The summed E-state index contributed by atoms with van der Waals surface area (Å²) in [5, 5.41) is 11.3. The van der Waals surface area contributed by atoms with E-state index in [1.165, 1.54) is 0 Å². The Hall–Kier alpha value is -1.81. The zero-order valence-electron chi connectivity index (χ0n) is 11.6. The Balaban J connectivity index is 1.75. The maximum atomic E-state index is 12.0. The van der Waals surface area contributed by atoms with Crippen molar-refractivity contribution in [3.63, 3.8) is 0 Å². The first-order valence-corrected chi connectivity index (χ1v) is 7.10. The minimum Gasteiger partial charge on any atom is -0.458 e. The highest BCUT2D eigenvalue weighted by atomic mass is 16.4. The summed E-state index contributed by atoms with van der Waals surface area (Å²) in [7, 11) is 0. The summed E-state index contributed by atoms with van der Waals surface area (Å²) < 4.78 is 5.65. The Morgan fingerprint density at radius 3 is 3.05 bits per heavy atom. The Kier molecular flexibility index (Phi) is 3.49. The zero-order chi connectivity index (χ0) is 14.1. The van der Waals surface area contributed by atoms with Gasteiger partial charge < -0.3 is 14.4 Å². The van der Waals surface area contributed by atoms with E-state index >= 15 is 0 Å². The first-order chi connectivity index (χ1) is 9.65. The van der Waals surface area contributed by atoms with Gasteiger partial charge in [0.15, 0.2) is 0 Å². The van der Waals surface area contributed by atoms with E-state index in [2.05, 4.69) is 0 Å². The van der Waals surface area contributed by atoms with Gasteiger partial charge in [-0.2, -0.15) is 0 Å². The first kappa shape index (κ1) is 13.2. The van der Waals surface area contributed by atoms with E-state index in [1.54, 1.807) is 4.90 Å².